The van der Waals surface area contributed by atoms with E-state index in [1.807, 2.05) is 0 Å². The monoisotopic (exact) mass is 763 g/mol. The maximum Gasteiger partial charge on any atom is 0.507 e. The largest absolute Gasteiger partial charge is 0.507 e. The van der Waals surface area contributed by atoms with Crippen molar-refractivity contribution in [2.45, 2.75) is 75.8 Å². The predicted molar refractivity (Wildman–Crippen MR) is 162 cm³/mol. The zero-order valence-corrected chi connectivity index (χ0v) is 27.5. The molecule has 17 heteroatoms. The van der Waals surface area contributed by atoms with Crippen LogP contribution in [-0.4, -0.2) is 62.3 Å². The van der Waals surface area contributed by atoms with E-state index >= 15 is 0 Å². The summed E-state index contributed by atoms with van der Waals surface area (Å²) in [4.78, 5) is 45.5. The van der Waals surface area contributed by atoms with Crippen molar-refractivity contribution in [2.75, 3.05) is 6.54 Å². The van der Waals surface area contributed by atoms with Gasteiger partial charge in [-0.15, -0.1) is 11.3 Å². The van der Waals surface area contributed by atoms with Gasteiger partial charge in [0.25, 0.3) is 11.8 Å². The quantitative estimate of drug-likeness (QED) is 0.194. The van der Waals surface area contributed by atoms with Crippen LogP contribution in [0.25, 0.3) is 0 Å². The highest BCUT2D eigenvalue weighted by Gasteiger charge is 2.57. The number of halogens is 7. The molecule has 1 fully saturated rings. The van der Waals surface area contributed by atoms with Crippen LogP contribution < -0.4 is 4.74 Å². The third-order valence-electron chi connectivity index (χ3n) is 8.27. The molecule has 5 rings (SSSR count). The first-order valence-corrected chi connectivity index (χ1v) is 16.4. The Morgan fingerprint density at radius 2 is 1.83 bits per heavy atom. The molecule has 2 aliphatic heterocycles. The summed E-state index contributed by atoms with van der Waals surface area (Å²) in [5.74, 6) is -2.38. The first-order valence-electron chi connectivity index (χ1n) is 14.7. The Hall–Kier alpha value is -3.86. The summed E-state index contributed by atoms with van der Waals surface area (Å²) in [5.41, 5.74) is -3.07. The van der Waals surface area contributed by atoms with Crippen LogP contribution in [0.15, 0.2) is 52.4 Å². The third-order valence-corrected chi connectivity index (χ3v) is 9.71. The number of fused-ring (bicyclic) bond motifs is 1. The lowest BCUT2D eigenvalue weighted by molar-refractivity contribution is -0.172. The summed E-state index contributed by atoms with van der Waals surface area (Å²) in [6, 6.07) is 6.29. The molecule has 9 nitrogen and oxygen atoms in total. The van der Waals surface area contributed by atoms with Crippen molar-refractivity contribution in [3.8, 4) is 5.75 Å². The number of nitrogens with zero attached hydrogens (tertiary/aromatic N) is 3. The zero-order chi connectivity index (χ0) is 35.0. The van der Waals surface area contributed by atoms with Gasteiger partial charge < -0.3 is 19.5 Å². The van der Waals surface area contributed by atoms with Gasteiger partial charge in [0.15, 0.2) is 6.23 Å². The Balaban J connectivity index is 1.65. The molecule has 3 atom stereocenters. The molecule has 2 aromatic heterocycles. The Morgan fingerprint density at radius 1 is 1.08 bits per heavy atom. The number of rotatable bonds is 7. The molecule has 0 unspecified atom stereocenters. The van der Waals surface area contributed by atoms with Gasteiger partial charge in [-0.05, 0) is 48.2 Å². The number of aromatic nitrogens is 1. The fourth-order valence-corrected chi connectivity index (χ4v) is 7.35. The highest BCUT2D eigenvalue weighted by molar-refractivity contribution is 9.10. The molecular weight excluding hydrogens is 736 g/mol. The number of benzene rings is 1. The van der Waals surface area contributed by atoms with E-state index in [9.17, 15) is 45.8 Å². The smallest absolute Gasteiger partial charge is 0.474 e. The van der Waals surface area contributed by atoms with Crippen molar-refractivity contribution in [3.05, 3.63) is 79.7 Å². The second kappa shape index (κ2) is 13.6. The molecule has 0 radical (unpaired) electrons. The van der Waals surface area contributed by atoms with Gasteiger partial charge in [0.1, 0.15) is 16.3 Å². The molecule has 48 heavy (non-hydrogen) atoms. The number of carboxylic acid groups (broad SMARTS) is 1. The average molecular weight is 765 g/mol. The lowest BCUT2D eigenvalue weighted by Crippen LogP contribution is -2.69. The summed E-state index contributed by atoms with van der Waals surface area (Å²) < 4.78 is 94.8. The standard InChI is InChI=1S/C31H28BrF6N3O6S/c1-2-5-22-29(47-20-14-23(48-16-20)31(36,37)38,9-4-11-40(22)26(42)25-21(30(33,34)35)6-3-10-39-25)27(43)41-15-17-7-8-19(32)12-18(17)13-24(41)46-28(44)45/h3,6-8,10,12,14,16,22,24H,2,4-5,9,11,13,15H2,1H3,(H,44,45)/t22-,24-,29+/m1/s1. The van der Waals surface area contributed by atoms with Crippen molar-refractivity contribution in [1.82, 2.24) is 14.8 Å². The molecule has 1 N–H and O–H groups in total. The molecule has 0 aliphatic carbocycles. The lowest BCUT2D eigenvalue weighted by atomic mass is 9.79. The number of thiophene rings is 1. The number of carbonyl (C=O) groups is 3. The van der Waals surface area contributed by atoms with Gasteiger partial charge in [-0.2, -0.15) is 26.3 Å². The van der Waals surface area contributed by atoms with Crippen LogP contribution >= 0.6 is 27.3 Å². The number of ether oxygens (including phenoxy) is 2. The van der Waals surface area contributed by atoms with Gasteiger partial charge in [0, 0.05) is 48.0 Å². The molecule has 0 spiro atoms. The summed E-state index contributed by atoms with van der Waals surface area (Å²) >= 11 is 3.68. The van der Waals surface area contributed by atoms with Gasteiger partial charge in [-0.1, -0.05) is 35.3 Å². The molecule has 258 valence electrons. The van der Waals surface area contributed by atoms with Crippen molar-refractivity contribution < 1.29 is 55.3 Å². The number of alkyl halides is 6. The highest BCUT2D eigenvalue weighted by Crippen LogP contribution is 2.43. The Bertz CT molecular complexity index is 1700. The van der Waals surface area contributed by atoms with Crippen LogP contribution in [0.5, 0.6) is 5.75 Å². The van der Waals surface area contributed by atoms with Crippen molar-refractivity contribution >= 4 is 45.2 Å². The highest BCUT2D eigenvalue weighted by atomic mass is 79.9. The summed E-state index contributed by atoms with van der Waals surface area (Å²) in [7, 11) is 0. The minimum absolute atomic E-state index is 0.00394. The molecule has 0 saturated carbocycles. The van der Waals surface area contributed by atoms with Crippen molar-refractivity contribution in [1.29, 1.82) is 0 Å². The maximum absolute atomic E-state index is 14.9. The Kier molecular flexibility index (Phi) is 10.0. The molecule has 1 saturated heterocycles. The van der Waals surface area contributed by atoms with Crippen LogP contribution in [-0.2, 0) is 34.8 Å². The maximum atomic E-state index is 14.9. The SMILES string of the molecule is CCC[C@H]1N(C(=O)c2ncccc2C(F)(F)F)CCC[C@@]1(Oc1csc(C(F)(F)F)c1)C(=O)N1Cc2ccc(Br)cc2C[C@H]1OC(=O)O. The molecule has 2 aliphatic rings. The molecule has 2 amide bonds. The summed E-state index contributed by atoms with van der Waals surface area (Å²) in [6.45, 7) is 1.40. The van der Waals surface area contributed by atoms with E-state index < -0.39 is 64.3 Å². The zero-order valence-electron chi connectivity index (χ0n) is 25.1. The van der Waals surface area contributed by atoms with E-state index in [0.717, 1.165) is 27.4 Å². The third kappa shape index (κ3) is 7.11. The van der Waals surface area contributed by atoms with Crippen molar-refractivity contribution in [2.24, 2.45) is 0 Å². The Labute approximate surface area is 282 Å². The lowest BCUT2D eigenvalue weighted by Gasteiger charge is -2.51. The normalized spacial score (nSPS) is 21.4. The van der Waals surface area contributed by atoms with E-state index in [1.165, 1.54) is 0 Å². The first kappa shape index (κ1) is 35.4. The number of hydrogen-bond acceptors (Lipinski definition) is 7. The number of amides is 2. The fourth-order valence-electron chi connectivity index (χ4n) is 6.27. The van der Waals surface area contributed by atoms with Crippen LogP contribution in [0.4, 0.5) is 31.1 Å². The second-order valence-corrected chi connectivity index (χ2v) is 13.2. The molecule has 4 heterocycles. The minimum atomic E-state index is -4.94. The second-order valence-electron chi connectivity index (χ2n) is 11.3. The average Bonchev–Trinajstić information content (AvgIpc) is 3.49. The van der Waals surface area contributed by atoms with E-state index in [-0.39, 0.29) is 50.9 Å². The topological polar surface area (TPSA) is 109 Å². The van der Waals surface area contributed by atoms with Gasteiger partial charge in [0.2, 0.25) is 5.60 Å². The Morgan fingerprint density at radius 3 is 2.48 bits per heavy atom. The van der Waals surface area contributed by atoms with Crippen LogP contribution in [0.2, 0.25) is 0 Å². The van der Waals surface area contributed by atoms with Gasteiger partial charge >= 0.3 is 18.5 Å². The van der Waals surface area contributed by atoms with Crippen molar-refractivity contribution in [3.63, 3.8) is 0 Å². The van der Waals surface area contributed by atoms with E-state index in [0.29, 0.717) is 39.1 Å². The van der Waals surface area contributed by atoms with Crippen LogP contribution in [0.1, 0.15) is 64.7 Å². The number of pyridine rings is 1. The summed E-state index contributed by atoms with van der Waals surface area (Å²) in [5, 5.41) is 10.6. The minimum Gasteiger partial charge on any atom is -0.474 e. The molecule has 1 aromatic carbocycles. The molecular formula is C31H28BrF6N3O6S. The van der Waals surface area contributed by atoms with E-state index in [2.05, 4.69) is 20.9 Å². The number of likely N-dealkylation sites (tertiary alicyclic amines) is 1. The van der Waals surface area contributed by atoms with Gasteiger partial charge in [-0.25, -0.2) is 4.79 Å². The van der Waals surface area contributed by atoms with E-state index in [1.54, 1.807) is 25.1 Å². The predicted octanol–water partition coefficient (Wildman–Crippen LogP) is 7.77. The number of hydrogen-bond donors (Lipinski definition) is 1. The fraction of sp³-hybridized carbons (Fsp3) is 0.419. The molecule has 3 aromatic rings. The first-order chi connectivity index (χ1) is 22.5. The number of carbonyl (C=O) groups excluding carboxylic acids is 2. The van der Waals surface area contributed by atoms with Crippen LogP contribution in [0, 0.1) is 0 Å². The van der Waals surface area contributed by atoms with E-state index in [4.69, 9.17) is 9.47 Å². The van der Waals surface area contributed by atoms with Gasteiger partial charge in [-0.3, -0.25) is 19.5 Å². The number of piperidine rings is 1. The van der Waals surface area contributed by atoms with Crippen LogP contribution in [0.3, 0.4) is 0 Å². The molecule has 0 bridgehead atoms. The summed E-state index contributed by atoms with van der Waals surface area (Å²) in [6.07, 6.45) is -11.7. The van der Waals surface area contributed by atoms with Gasteiger partial charge in [0.05, 0.1) is 11.6 Å².